The van der Waals surface area contributed by atoms with Gasteiger partial charge in [0.2, 0.25) is 0 Å². The summed E-state index contributed by atoms with van der Waals surface area (Å²) in [6.45, 7) is 1.75. The van der Waals surface area contributed by atoms with Crippen molar-refractivity contribution in [3.63, 3.8) is 0 Å². The van der Waals surface area contributed by atoms with Crippen molar-refractivity contribution in [1.82, 2.24) is 0 Å². The lowest BCUT2D eigenvalue weighted by Crippen LogP contribution is -2.15. The first-order chi connectivity index (χ1) is 7.04. The molecule has 0 saturated carbocycles. The Morgan fingerprint density at radius 3 is 2.33 bits per heavy atom. The Morgan fingerprint density at radius 2 is 1.93 bits per heavy atom. The van der Waals surface area contributed by atoms with Crippen LogP contribution in [-0.4, -0.2) is 17.7 Å². The second-order valence-electron chi connectivity index (χ2n) is 2.88. The molecule has 82 valence electrons. The first kappa shape index (κ1) is 11.6. The van der Waals surface area contributed by atoms with Crippen molar-refractivity contribution in [1.29, 1.82) is 0 Å². The maximum atomic E-state index is 12.8. The SMILES string of the molecule is CCOC(C(=O)O)c1cc(F)cc(F)c1. The summed E-state index contributed by atoms with van der Waals surface area (Å²) in [7, 11) is 0. The van der Waals surface area contributed by atoms with E-state index < -0.39 is 23.7 Å². The number of hydrogen-bond donors (Lipinski definition) is 1. The number of rotatable bonds is 4. The Bertz CT molecular complexity index is 345. The standard InChI is InChI=1S/C10H10F2O3/c1-2-15-9(10(13)14)6-3-7(11)5-8(12)4-6/h3-5,9H,2H2,1H3,(H,13,14). The summed E-state index contributed by atoms with van der Waals surface area (Å²) >= 11 is 0. The number of halogens is 2. The van der Waals surface area contributed by atoms with Gasteiger partial charge in [-0.3, -0.25) is 0 Å². The summed E-state index contributed by atoms with van der Waals surface area (Å²) in [5.74, 6) is -2.92. The summed E-state index contributed by atoms with van der Waals surface area (Å²) in [5.41, 5.74) is -0.0400. The molecule has 0 fully saturated rings. The largest absolute Gasteiger partial charge is 0.479 e. The van der Waals surface area contributed by atoms with Crippen molar-refractivity contribution in [3.05, 3.63) is 35.4 Å². The number of aliphatic carboxylic acids is 1. The molecule has 1 N–H and O–H groups in total. The highest BCUT2D eigenvalue weighted by molar-refractivity contribution is 5.74. The fourth-order valence-electron chi connectivity index (χ4n) is 1.20. The van der Waals surface area contributed by atoms with Crippen LogP contribution in [0.1, 0.15) is 18.6 Å². The van der Waals surface area contributed by atoms with Gasteiger partial charge in [0, 0.05) is 12.7 Å². The van der Waals surface area contributed by atoms with Crippen LogP contribution in [0.3, 0.4) is 0 Å². The molecular weight excluding hydrogens is 206 g/mol. The minimum atomic E-state index is -1.33. The van der Waals surface area contributed by atoms with E-state index in [0.717, 1.165) is 12.1 Å². The zero-order valence-electron chi connectivity index (χ0n) is 8.04. The molecule has 15 heavy (non-hydrogen) atoms. The third kappa shape index (κ3) is 2.99. The van der Waals surface area contributed by atoms with Crippen LogP contribution in [0.15, 0.2) is 18.2 Å². The topological polar surface area (TPSA) is 46.5 Å². The summed E-state index contributed by atoms with van der Waals surface area (Å²) in [5, 5.41) is 8.77. The molecule has 0 saturated heterocycles. The summed E-state index contributed by atoms with van der Waals surface area (Å²) in [6, 6.07) is 2.56. The van der Waals surface area contributed by atoms with Gasteiger partial charge < -0.3 is 9.84 Å². The number of carbonyl (C=O) groups is 1. The fourth-order valence-corrected chi connectivity index (χ4v) is 1.20. The average molecular weight is 216 g/mol. The quantitative estimate of drug-likeness (QED) is 0.838. The molecule has 1 unspecified atom stereocenters. The lowest BCUT2D eigenvalue weighted by Gasteiger charge is -2.12. The lowest BCUT2D eigenvalue weighted by molar-refractivity contribution is -0.150. The first-order valence-electron chi connectivity index (χ1n) is 4.35. The molecule has 1 atom stereocenters. The molecular formula is C10H10F2O3. The minimum Gasteiger partial charge on any atom is -0.479 e. The van der Waals surface area contributed by atoms with Crippen LogP contribution in [0, 0.1) is 11.6 Å². The van der Waals surface area contributed by atoms with Gasteiger partial charge in [-0.15, -0.1) is 0 Å². The zero-order valence-corrected chi connectivity index (χ0v) is 8.04. The molecule has 0 aliphatic heterocycles. The van der Waals surface area contributed by atoms with E-state index in [4.69, 9.17) is 9.84 Å². The second-order valence-corrected chi connectivity index (χ2v) is 2.88. The van der Waals surface area contributed by atoms with E-state index in [9.17, 15) is 13.6 Å². The van der Waals surface area contributed by atoms with Crippen LogP contribution >= 0.6 is 0 Å². The molecule has 0 spiro atoms. The van der Waals surface area contributed by atoms with Crippen molar-refractivity contribution in [2.24, 2.45) is 0 Å². The number of carboxylic acids is 1. The van der Waals surface area contributed by atoms with Crippen molar-refractivity contribution in [2.45, 2.75) is 13.0 Å². The van der Waals surface area contributed by atoms with Crippen LogP contribution in [0.2, 0.25) is 0 Å². The highest BCUT2D eigenvalue weighted by Gasteiger charge is 2.21. The molecule has 1 aromatic rings. The van der Waals surface area contributed by atoms with Crippen molar-refractivity contribution in [3.8, 4) is 0 Å². The van der Waals surface area contributed by atoms with E-state index in [1.54, 1.807) is 6.92 Å². The first-order valence-corrected chi connectivity index (χ1v) is 4.35. The Labute approximate surface area is 85.3 Å². The number of benzene rings is 1. The maximum Gasteiger partial charge on any atom is 0.337 e. The number of carboxylic acid groups (broad SMARTS) is 1. The van der Waals surface area contributed by atoms with Gasteiger partial charge in [-0.25, -0.2) is 13.6 Å². The van der Waals surface area contributed by atoms with Crippen LogP contribution in [-0.2, 0) is 9.53 Å². The molecule has 0 bridgehead atoms. The monoisotopic (exact) mass is 216 g/mol. The number of hydrogen-bond acceptors (Lipinski definition) is 2. The van der Waals surface area contributed by atoms with Crippen LogP contribution in [0.5, 0.6) is 0 Å². The fraction of sp³-hybridized carbons (Fsp3) is 0.300. The third-order valence-electron chi connectivity index (χ3n) is 1.75. The van der Waals surface area contributed by atoms with Gasteiger partial charge in [-0.05, 0) is 24.6 Å². The van der Waals surface area contributed by atoms with Gasteiger partial charge in [-0.2, -0.15) is 0 Å². The lowest BCUT2D eigenvalue weighted by atomic mass is 10.1. The Balaban J connectivity index is 3.05. The molecule has 0 aliphatic rings. The molecule has 1 aromatic carbocycles. The predicted molar refractivity (Wildman–Crippen MR) is 48.4 cm³/mol. The van der Waals surface area contributed by atoms with E-state index in [1.807, 2.05) is 0 Å². The van der Waals surface area contributed by atoms with Gasteiger partial charge in [0.15, 0.2) is 6.10 Å². The van der Waals surface area contributed by atoms with Gasteiger partial charge in [0.25, 0.3) is 0 Å². The summed E-state index contributed by atoms with van der Waals surface area (Å²) < 4.78 is 30.5. The van der Waals surface area contributed by atoms with Gasteiger partial charge in [0.05, 0.1) is 0 Å². The van der Waals surface area contributed by atoms with Crippen LogP contribution in [0.25, 0.3) is 0 Å². The Kier molecular flexibility index (Phi) is 3.74. The molecule has 1 rings (SSSR count). The van der Waals surface area contributed by atoms with Gasteiger partial charge in [0.1, 0.15) is 11.6 Å². The van der Waals surface area contributed by atoms with Crippen molar-refractivity contribution >= 4 is 5.97 Å². The smallest absolute Gasteiger partial charge is 0.337 e. The van der Waals surface area contributed by atoms with Crippen molar-refractivity contribution in [2.75, 3.05) is 6.61 Å². The molecule has 0 aromatic heterocycles. The summed E-state index contributed by atoms with van der Waals surface area (Å²) in [6.07, 6.45) is -1.33. The highest BCUT2D eigenvalue weighted by Crippen LogP contribution is 2.20. The van der Waals surface area contributed by atoms with Gasteiger partial charge in [-0.1, -0.05) is 0 Å². The number of ether oxygens (including phenoxy) is 1. The van der Waals surface area contributed by atoms with Crippen LogP contribution in [0.4, 0.5) is 8.78 Å². The second kappa shape index (κ2) is 4.84. The summed E-state index contributed by atoms with van der Waals surface area (Å²) in [4.78, 5) is 10.7. The van der Waals surface area contributed by atoms with Gasteiger partial charge >= 0.3 is 5.97 Å². The Morgan fingerprint density at radius 1 is 1.40 bits per heavy atom. The molecule has 0 aliphatic carbocycles. The predicted octanol–water partition coefficient (Wildman–Crippen LogP) is 2.13. The van der Waals surface area contributed by atoms with E-state index >= 15 is 0 Å². The molecule has 5 heteroatoms. The minimum absolute atomic E-state index is 0.0400. The highest BCUT2D eigenvalue weighted by atomic mass is 19.1. The zero-order chi connectivity index (χ0) is 11.4. The van der Waals surface area contributed by atoms with Crippen LogP contribution < -0.4 is 0 Å². The van der Waals surface area contributed by atoms with E-state index in [2.05, 4.69) is 0 Å². The Hall–Kier alpha value is -1.49. The maximum absolute atomic E-state index is 12.8. The molecule has 0 amide bonds. The molecule has 0 radical (unpaired) electrons. The van der Waals surface area contributed by atoms with E-state index in [-0.39, 0.29) is 12.2 Å². The third-order valence-corrected chi connectivity index (χ3v) is 1.75. The average Bonchev–Trinajstić information content (AvgIpc) is 2.11. The van der Waals surface area contributed by atoms with E-state index in [1.165, 1.54) is 0 Å². The normalized spacial score (nSPS) is 12.5. The van der Waals surface area contributed by atoms with Crippen molar-refractivity contribution < 1.29 is 23.4 Å². The molecule has 0 heterocycles. The molecule has 3 nitrogen and oxygen atoms in total. The van der Waals surface area contributed by atoms with E-state index in [0.29, 0.717) is 6.07 Å².